The largest absolute Gasteiger partial charge is 0.478 e. The molecule has 2 aromatic rings. The molecule has 0 aliphatic heterocycles. The van der Waals surface area contributed by atoms with Crippen LogP contribution in [0.2, 0.25) is 0 Å². The van der Waals surface area contributed by atoms with E-state index in [1.807, 2.05) is 66.7 Å². The maximum absolute atomic E-state index is 11.5. The Balaban J connectivity index is 2.70. The first-order chi connectivity index (χ1) is 9.74. The highest BCUT2D eigenvalue weighted by molar-refractivity contribution is 7.75. The van der Waals surface area contributed by atoms with Gasteiger partial charge in [-0.05, 0) is 10.6 Å². The van der Waals surface area contributed by atoms with Gasteiger partial charge in [-0.25, -0.2) is 4.79 Å². The third kappa shape index (κ3) is 3.17. The molecule has 2 rings (SSSR count). The number of rotatable bonds is 4. The van der Waals surface area contributed by atoms with E-state index in [0.29, 0.717) is 5.29 Å². The lowest BCUT2D eigenvalue weighted by Crippen LogP contribution is -2.19. The molecule has 100 valence electrons. The number of benzene rings is 2. The van der Waals surface area contributed by atoms with Gasteiger partial charge in [-0.1, -0.05) is 68.2 Å². The van der Waals surface area contributed by atoms with Crippen molar-refractivity contribution >= 4 is 29.4 Å². The Labute approximate surface area is 118 Å². The molecular formula is C16H14NO2P. The highest BCUT2D eigenvalue weighted by Crippen LogP contribution is 2.25. The van der Waals surface area contributed by atoms with Crippen molar-refractivity contribution in [2.24, 2.45) is 0 Å². The van der Waals surface area contributed by atoms with Gasteiger partial charge < -0.3 is 5.11 Å². The van der Waals surface area contributed by atoms with E-state index in [9.17, 15) is 9.90 Å². The van der Waals surface area contributed by atoms with Crippen LogP contribution in [-0.2, 0) is 4.79 Å². The fraction of sp³-hybridized carbons (Fsp3) is 0.0625. The second-order valence-electron chi connectivity index (χ2n) is 4.23. The van der Waals surface area contributed by atoms with E-state index in [2.05, 4.69) is 0 Å². The highest BCUT2D eigenvalue weighted by Gasteiger charge is 2.16. The van der Waals surface area contributed by atoms with Crippen LogP contribution in [0.4, 0.5) is 0 Å². The first kappa shape index (κ1) is 14.1. The molecule has 1 N–H and O–H groups in total. The molecule has 0 aromatic heterocycles. The lowest BCUT2D eigenvalue weighted by Gasteiger charge is -2.13. The zero-order valence-corrected chi connectivity index (χ0v) is 11.8. The summed E-state index contributed by atoms with van der Waals surface area (Å²) in [5.74, 6) is -0.979. The van der Waals surface area contributed by atoms with Gasteiger partial charge in [0, 0.05) is 0 Å². The molecule has 0 radical (unpaired) electrons. The molecule has 0 fully saturated rings. The van der Waals surface area contributed by atoms with E-state index < -0.39 is 13.5 Å². The average molecular weight is 283 g/mol. The highest BCUT2D eigenvalue weighted by atomic mass is 31.1. The van der Waals surface area contributed by atoms with Gasteiger partial charge in [-0.3, -0.25) is 0 Å². The van der Waals surface area contributed by atoms with Crippen molar-refractivity contribution in [3.63, 3.8) is 0 Å². The molecule has 20 heavy (non-hydrogen) atoms. The van der Waals surface area contributed by atoms with E-state index >= 15 is 0 Å². The second kappa shape index (κ2) is 6.75. The SMILES string of the molecule is N#CCC(C(=O)O)=[PH](c1ccccc1)c1ccccc1. The van der Waals surface area contributed by atoms with E-state index in [-0.39, 0.29) is 6.42 Å². The van der Waals surface area contributed by atoms with Crippen molar-refractivity contribution in [1.82, 2.24) is 0 Å². The molecule has 0 unspecified atom stereocenters. The average Bonchev–Trinajstić information content (AvgIpc) is 2.49. The topological polar surface area (TPSA) is 61.1 Å². The molecule has 0 heterocycles. The quantitative estimate of drug-likeness (QED) is 0.873. The predicted octanol–water partition coefficient (Wildman–Crippen LogP) is 2.02. The molecule has 2 aromatic carbocycles. The van der Waals surface area contributed by atoms with Crippen LogP contribution in [0.5, 0.6) is 0 Å². The maximum atomic E-state index is 11.5. The van der Waals surface area contributed by atoms with E-state index in [1.165, 1.54) is 0 Å². The summed E-state index contributed by atoms with van der Waals surface area (Å²) in [6.07, 6.45) is -0.0482. The number of carboxylic acid groups (broad SMARTS) is 1. The number of carbonyl (C=O) groups is 1. The minimum atomic E-state index is -1.61. The number of hydrogen-bond donors (Lipinski definition) is 1. The van der Waals surface area contributed by atoms with Gasteiger partial charge in [0.1, 0.15) is 0 Å². The molecule has 3 nitrogen and oxygen atoms in total. The molecule has 0 atom stereocenters. The Hall–Kier alpha value is -2.30. The van der Waals surface area contributed by atoms with E-state index in [1.54, 1.807) is 0 Å². The van der Waals surface area contributed by atoms with Crippen molar-refractivity contribution in [1.29, 1.82) is 5.26 Å². The van der Waals surface area contributed by atoms with Crippen LogP contribution in [0.1, 0.15) is 6.42 Å². The number of hydrogen-bond acceptors (Lipinski definition) is 2. The fourth-order valence-corrected chi connectivity index (χ4v) is 4.63. The summed E-state index contributed by atoms with van der Waals surface area (Å²) < 4.78 is 0. The molecular weight excluding hydrogens is 269 g/mol. The first-order valence-corrected chi connectivity index (χ1v) is 7.68. The third-order valence-electron chi connectivity index (χ3n) is 2.94. The molecule has 0 saturated carbocycles. The van der Waals surface area contributed by atoms with Crippen LogP contribution >= 0.6 is 7.55 Å². The number of nitrogens with zero attached hydrogens (tertiary/aromatic N) is 1. The van der Waals surface area contributed by atoms with Gasteiger partial charge in [0.2, 0.25) is 0 Å². The van der Waals surface area contributed by atoms with Crippen LogP contribution in [0, 0.1) is 11.3 Å². The number of nitriles is 1. The summed E-state index contributed by atoms with van der Waals surface area (Å²) in [7, 11) is -1.61. The van der Waals surface area contributed by atoms with Gasteiger partial charge in [-0.2, -0.15) is 5.26 Å². The lowest BCUT2D eigenvalue weighted by molar-refractivity contribution is -0.129. The van der Waals surface area contributed by atoms with Gasteiger partial charge in [0.05, 0.1) is 17.8 Å². The summed E-state index contributed by atoms with van der Waals surface area (Å²) in [4.78, 5) is 11.5. The molecule has 4 heteroatoms. The van der Waals surface area contributed by atoms with Crippen LogP contribution in [0.15, 0.2) is 60.7 Å². The standard InChI is InChI=1S/C16H14NO2P/c17-12-11-15(16(18)19)20(13-7-3-1-4-8-13)14-9-5-2-6-10-14/h1-10,20H,11H2,(H,18,19). The summed E-state index contributed by atoms with van der Waals surface area (Å²) in [6, 6.07) is 21.1. The minimum Gasteiger partial charge on any atom is -0.478 e. The minimum absolute atomic E-state index is 0.0482. The Morgan fingerprint density at radius 1 is 1.00 bits per heavy atom. The molecule has 0 amide bonds. The van der Waals surface area contributed by atoms with E-state index in [0.717, 1.165) is 10.6 Å². The summed E-state index contributed by atoms with van der Waals surface area (Å²) in [5.41, 5.74) is 0. The molecule has 0 spiro atoms. The van der Waals surface area contributed by atoms with Crippen molar-refractivity contribution in [2.75, 3.05) is 0 Å². The number of aliphatic carboxylic acids is 1. The second-order valence-corrected chi connectivity index (χ2v) is 6.73. The predicted molar refractivity (Wildman–Crippen MR) is 83.3 cm³/mol. The summed E-state index contributed by atoms with van der Waals surface area (Å²) in [6.45, 7) is 0. The van der Waals surface area contributed by atoms with Gasteiger partial charge in [0.25, 0.3) is 0 Å². The molecule has 0 bridgehead atoms. The van der Waals surface area contributed by atoms with E-state index in [4.69, 9.17) is 5.26 Å². The summed E-state index contributed by atoms with van der Waals surface area (Å²) in [5, 5.41) is 20.6. The monoisotopic (exact) mass is 283 g/mol. The fourth-order valence-electron chi connectivity index (χ4n) is 2.07. The smallest absolute Gasteiger partial charge is 0.333 e. The van der Waals surface area contributed by atoms with Crippen LogP contribution in [0.3, 0.4) is 0 Å². The lowest BCUT2D eigenvalue weighted by atomic mass is 10.3. The van der Waals surface area contributed by atoms with Crippen LogP contribution in [0.25, 0.3) is 0 Å². The van der Waals surface area contributed by atoms with Gasteiger partial charge in [-0.15, -0.1) is 0 Å². The Morgan fingerprint density at radius 3 is 1.80 bits per heavy atom. The Bertz CT molecular complexity index is 631. The van der Waals surface area contributed by atoms with Crippen molar-refractivity contribution in [2.45, 2.75) is 6.42 Å². The van der Waals surface area contributed by atoms with Crippen molar-refractivity contribution in [3.8, 4) is 6.07 Å². The van der Waals surface area contributed by atoms with Crippen LogP contribution < -0.4 is 10.6 Å². The zero-order valence-electron chi connectivity index (χ0n) is 10.8. The molecule has 0 aliphatic rings. The van der Waals surface area contributed by atoms with Crippen LogP contribution in [-0.4, -0.2) is 16.4 Å². The van der Waals surface area contributed by atoms with Crippen molar-refractivity contribution in [3.05, 3.63) is 60.7 Å². The maximum Gasteiger partial charge on any atom is 0.333 e. The van der Waals surface area contributed by atoms with Gasteiger partial charge >= 0.3 is 5.97 Å². The third-order valence-corrected chi connectivity index (χ3v) is 5.76. The molecule has 0 aliphatic carbocycles. The first-order valence-electron chi connectivity index (χ1n) is 6.18. The normalized spacial score (nSPS) is 10.0. The zero-order chi connectivity index (χ0) is 14.4. The van der Waals surface area contributed by atoms with Crippen molar-refractivity contribution < 1.29 is 9.90 Å². The Morgan fingerprint density at radius 2 is 1.45 bits per heavy atom. The van der Waals surface area contributed by atoms with Gasteiger partial charge in [0.15, 0.2) is 0 Å². The summed E-state index contributed by atoms with van der Waals surface area (Å²) >= 11 is 0. The Kier molecular flexibility index (Phi) is 4.76. The number of carboxylic acids is 1. The molecule has 0 saturated heterocycles.